The van der Waals surface area contributed by atoms with E-state index in [1.807, 2.05) is 6.92 Å². The minimum atomic E-state index is -0.799. The number of carbonyl (C=O) groups excluding carboxylic acids is 3. The Labute approximate surface area is 252 Å². The molecule has 0 radical (unpaired) electrons. The number of aryl methyl sites for hydroxylation is 2. The van der Waals surface area contributed by atoms with E-state index in [-0.39, 0.29) is 40.9 Å². The predicted molar refractivity (Wildman–Crippen MR) is 158 cm³/mol. The molecule has 1 aromatic heterocycles. The lowest BCUT2D eigenvalue weighted by Crippen LogP contribution is -2.45. The van der Waals surface area contributed by atoms with E-state index in [0.717, 1.165) is 11.1 Å². The van der Waals surface area contributed by atoms with Crippen molar-refractivity contribution in [1.82, 2.24) is 16.1 Å². The standard InChI is InChI=1S/C30H31N5O9/c1-6-42-29(37)27-18(4)32-30(38)33-28(27)19-7-9-24(25(13-19)41-5)43-15-26(36)34-31-14-20-8-10-23(44-20)21-11-16(2)17(3)12-22(21)35(39)40/h7-14,28H,6,15H2,1-5H3,(H,34,36)(H2,32,33,38)/b31-14-/t28-/m0/s1. The average molecular weight is 606 g/mol. The van der Waals surface area contributed by atoms with Crippen molar-refractivity contribution in [1.29, 1.82) is 0 Å². The van der Waals surface area contributed by atoms with Crippen LogP contribution in [0.3, 0.4) is 0 Å². The molecule has 14 heteroatoms. The fourth-order valence-electron chi connectivity index (χ4n) is 4.47. The maximum atomic E-state index is 12.6. The summed E-state index contributed by atoms with van der Waals surface area (Å²) >= 11 is 0. The van der Waals surface area contributed by atoms with Crippen molar-refractivity contribution in [3.8, 4) is 22.8 Å². The highest BCUT2D eigenvalue weighted by molar-refractivity contribution is 5.95. The molecule has 1 atom stereocenters. The quantitative estimate of drug-likeness (QED) is 0.125. The fourth-order valence-corrected chi connectivity index (χ4v) is 4.47. The van der Waals surface area contributed by atoms with Gasteiger partial charge in [-0.15, -0.1) is 0 Å². The summed E-state index contributed by atoms with van der Waals surface area (Å²) in [6.07, 6.45) is 1.26. The van der Waals surface area contributed by atoms with Gasteiger partial charge in [-0.25, -0.2) is 15.0 Å². The first kappa shape index (κ1) is 31.3. The van der Waals surface area contributed by atoms with E-state index >= 15 is 0 Å². The molecule has 44 heavy (non-hydrogen) atoms. The van der Waals surface area contributed by atoms with Crippen molar-refractivity contribution in [2.24, 2.45) is 5.10 Å². The number of furan rings is 1. The Morgan fingerprint density at radius 2 is 1.86 bits per heavy atom. The number of hydrogen-bond donors (Lipinski definition) is 3. The molecule has 2 heterocycles. The number of nitrogens with one attached hydrogen (secondary N) is 3. The predicted octanol–water partition coefficient (Wildman–Crippen LogP) is 4.20. The van der Waals surface area contributed by atoms with Gasteiger partial charge in [-0.05, 0) is 74.7 Å². The Balaban J connectivity index is 1.40. The molecule has 4 rings (SSSR count). The molecule has 0 unspecified atom stereocenters. The highest BCUT2D eigenvalue weighted by atomic mass is 16.6. The van der Waals surface area contributed by atoms with E-state index in [9.17, 15) is 24.5 Å². The number of hydrazone groups is 1. The van der Waals surface area contributed by atoms with Crippen LogP contribution in [0.2, 0.25) is 0 Å². The Bertz CT molecular complexity index is 1670. The van der Waals surface area contributed by atoms with Gasteiger partial charge < -0.3 is 29.3 Å². The van der Waals surface area contributed by atoms with Gasteiger partial charge in [0, 0.05) is 11.8 Å². The van der Waals surface area contributed by atoms with Crippen LogP contribution >= 0.6 is 0 Å². The molecule has 3 amide bonds. The number of rotatable bonds is 11. The third-order valence-corrected chi connectivity index (χ3v) is 6.73. The summed E-state index contributed by atoms with van der Waals surface area (Å²) < 4.78 is 21.9. The lowest BCUT2D eigenvalue weighted by molar-refractivity contribution is -0.384. The van der Waals surface area contributed by atoms with Gasteiger partial charge >= 0.3 is 12.0 Å². The summed E-state index contributed by atoms with van der Waals surface area (Å²) in [5.41, 5.74) is 5.39. The molecule has 1 aliphatic rings. The van der Waals surface area contributed by atoms with E-state index in [4.69, 9.17) is 18.6 Å². The van der Waals surface area contributed by atoms with Crippen molar-refractivity contribution in [2.45, 2.75) is 33.7 Å². The van der Waals surface area contributed by atoms with Gasteiger partial charge in [-0.2, -0.15) is 5.10 Å². The third kappa shape index (κ3) is 7.03. The highest BCUT2D eigenvalue weighted by Gasteiger charge is 2.32. The molecule has 0 bridgehead atoms. The van der Waals surface area contributed by atoms with Gasteiger partial charge in [0.15, 0.2) is 18.1 Å². The SMILES string of the molecule is CCOC(=O)C1=C(C)NC(=O)N[C@H]1c1ccc(OCC(=O)N/N=C\c2ccc(-c3cc(C)c(C)cc3[N+](=O)[O-])o2)c(OC)c1. The number of nitro benzene ring substituents is 1. The van der Waals surface area contributed by atoms with Gasteiger partial charge in [0.2, 0.25) is 0 Å². The molecule has 0 spiro atoms. The second kappa shape index (κ2) is 13.5. The monoisotopic (exact) mass is 605 g/mol. The van der Waals surface area contributed by atoms with Gasteiger partial charge in [-0.1, -0.05) is 6.07 Å². The number of nitro groups is 1. The molecular formula is C30H31N5O9. The van der Waals surface area contributed by atoms with Crippen molar-refractivity contribution in [2.75, 3.05) is 20.3 Å². The fraction of sp³-hybridized carbons (Fsp3) is 0.267. The lowest BCUT2D eigenvalue weighted by atomic mass is 9.95. The number of ether oxygens (including phenoxy) is 3. The molecule has 2 aromatic carbocycles. The van der Waals surface area contributed by atoms with E-state index in [0.29, 0.717) is 16.8 Å². The Hall–Kier alpha value is -5.66. The average Bonchev–Trinajstić information content (AvgIpc) is 3.45. The van der Waals surface area contributed by atoms with Gasteiger partial charge in [0.1, 0.15) is 11.5 Å². The van der Waals surface area contributed by atoms with Crippen molar-refractivity contribution in [3.05, 3.63) is 86.3 Å². The summed E-state index contributed by atoms with van der Waals surface area (Å²) in [6, 6.07) is 9.82. The lowest BCUT2D eigenvalue weighted by Gasteiger charge is -2.28. The van der Waals surface area contributed by atoms with E-state index in [2.05, 4.69) is 21.2 Å². The maximum absolute atomic E-state index is 12.6. The second-order valence-electron chi connectivity index (χ2n) is 9.70. The topological polar surface area (TPSA) is 184 Å². The van der Waals surface area contributed by atoms with Crippen LogP contribution in [0.15, 0.2) is 63.3 Å². The van der Waals surface area contributed by atoms with Crippen LogP contribution in [0, 0.1) is 24.0 Å². The van der Waals surface area contributed by atoms with Crippen LogP contribution in [0.1, 0.15) is 42.3 Å². The van der Waals surface area contributed by atoms with E-state index < -0.39 is 35.5 Å². The van der Waals surface area contributed by atoms with Crippen LogP contribution in [0.5, 0.6) is 11.5 Å². The molecule has 0 saturated heterocycles. The molecule has 0 aliphatic carbocycles. The summed E-state index contributed by atoms with van der Waals surface area (Å²) in [5.74, 6) is -0.109. The first-order valence-corrected chi connectivity index (χ1v) is 13.5. The molecule has 230 valence electrons. The zero-order chi connectivity index (χ0) is 32.0. The summed E-state index contributed by atoms with van der Waals surface area (Å²) in [7, 11) is 1.41. The van der Waals surface area contributed by atoms with E-state index in [1.54, 1.807) is 57.2 Å². The summed E-state index contributed by atoms with van der Waals surface area (Å²) in [4.78, 5) is 48.2. The zero-order valence-electron chi connectivity index (χ0n) is 24.7. The number of benzene rings is 2. The number of esters is 1. The first-order chi connectivity index (χ1) is 21.0. The van der Waals surface area contributed by atoms with Crippen molar-refractivity contribution >= 4 is 29.8 Å². The number of carbonyl (C=O) groups is 3. The van der Waals surface area contributed by atoms with Gasteiger partial charge in [0.05, 0.1) is 42.0 Å². The first-order valence-electron chi connectivity index (χ1n) is 13.5. The number of urea groups is 1. The van der Waals surface area contributed by atoms with Crippen LogP contribution in [0.25, 0.3) is 11.3 Å². The van der Waals surface area contributed by atoms with Crippen LogP contribution in [-0.2, 0) is 14.3 Å². The van der Waals surface area contributed by atoms with Crippen molar-refractivity contribution in [3.63, 3.8) is 0 Å². The molecule has 0 fully saturated rings. The van der Waals surface area contributed by atoms with Crippen molar-refractivity contribution < 1.29 is 37.9 Å². The number of allylic oxidation sites excluding steroid dienone is 1. The van der Waals surface area contributed by atoms with E-state index in [1.165, 1.54) is 19.4 Å². The minimum absolute atomic E-state index is 0.0774. The Morgan fingerprint density at radius 3 is 2.57 bits per heavy atom. The van der Waals surface area contributed by atoms with Gasteiger partial charge in [0.25, 0.3) is 11.6 Å². The number of amides is 3. The summed E-state index contributed by atoms with van der Waals surface area (Å²) in [5, 5.41) is 20.7. The molecule has 14 nitrogen and oxygen atoms in total. The molecule has 3 aromatic rings. The Morgan fingerprint density at radius 1 is 1.11 bits per heavy atom. The number of methoxy groups -OCH3 is 1. The second-order valence-corrected chi connectivity index (χ2v) is 9.70. The van der Waals surface area contributed by atoms with Crippen LogP contribution in [0.4, 0.5) is 10.5 Å². The third-order valence-electron chi connectivity index (χ3n) is 6.73. The maximum Gasteiger partial charge on any atom is 0.338 e. The van der Waals surface area contributed by atoms with Crippen LogP contribution in [-0.4, -0.2) is 49.4 Å². The summed E-state index contributed by atoms with van der Waals surface area (Å²) in [6.45, 7) is 6.69. The zero-order valence-corrected chi connectivity index (χ0v) is 24.7. The molecular weight excluding hydrogens is 574 g/mol. The van der Waals surface area contributed by atoms with Gasteiger partial charge in [-0.3, -0.25) is 14.9 Å². The van der Waals surface area contributed by atoms with Crippen LogP contribution < -0.4 is 25.5 Å². The number of nitrogens with zero attached hydrogens (tertiary/aromatic N) is 2. The minimum Gasteiger partial charge on any atom is -0.493 e. The molecule has 3 N–H and O–H groups in total. The largest absolute Gasteiger partial charge is 0.493 e. The molecule has 1 aliphatic heterocycles. The highest BCUT2D eigenvalue weighted by Crippen LogP contribution is 2.35. The normalized spacial score (nSPS) is 14.6. The smallest absolute Gasteiger partial charge is 0.338 e. The molecule has 0 saturated carbocycles. The Kier molecular flexibility index (Phi) is 9.63. The number of hydrogen-bond acceptors (Lipinski definition) is 10.